The maximum Gasteiger partial charge on any atom is 0.347 e. The van der Waals surface area contributed by atoms with E-state index in [1.54, 1.807) is 49.5 Å². The van der Waals surface area contributed by atoms with Crippen LogP contribution in [0.4, 0.5) is 10.1 Å². The van der Waals surface area contributed by atoms with E-state index in [1.165, 1.54) is 12.3 Å². The molecule has 148 valence electrons. The first kappa shape index (κ1) is 21.6. The van der Waals surface area contributed by atoms with Crippen LogP contribution in [-0.2, 0) is 23.1 Å². The van der Waals surface area contributed by atoms with Crippen molar-refractivity contribution in [3.05, 3.63) is 41.4 Å². The Labute approximate surface area is 167 Å². The van der Waals surface area contributed by atoms with Crippen molar-refractivity contribution in [3.8, 4) is 0 Å². The summed E-state index contributed by atoms with van der Waals surface area (Å²) in [7, 11) is 0. The number of thioether (sulfide) groups is 2. The molecule has 1 aliphatic rings. The van der Waals surface area contributed by atoms with Gasteiger partial charge in [0, 0.05) is 17.5 Å². The molecule has 1 N–H and O–H groups in total. The number of anilines is 1. The average Bonchev–Trinajstić information content (AvgIpc) is 2.64. The standard InChI is InChI=1S/C19H24FNO4S2/c1-4-24-17(22)14(18(23)25-5-2)12-21-13-7-8-16(20)15(11-13)19(3)26-9-6-10-27-19/h7-8,11-12,21H,4-6,9-10H2,1-3H3. The van der Waals surface area contributed by atoms with Gasteiger partial charge in [0.25, 0.3) is 0 Å². The van der Waals surface area contributed by atoms with Gasteiger partial charge in [0.15, 0.2) is 5.57 Å². The number of esters is 2. The Morgan fingerprint density at radius 3 is 2.33 bits per heavy atom. The molecular formula is C19H24FNO4S2. The van der Waals surface area contributed by atoms with Crippen molar-refractivity contribution in [1.29, 1.82) is 0 Å². The molecule has 0 unspecified atom stereocenters. The minimum Gasteiger partial charge on any atom is -0.462 e. The van der Waals surface area contributed by atoms with Gasteiger partial charge in [-0.05, 0) is 56.9 Å². The highest BCUT2D eigenvalue weighted by molar-refractivity contribution is 8.18. The Balaban J connectivity index is 2.26. The van der Waals surface area contributed by atoms with Crippen LogP contribution in [0.5, 0.6) is 0 Å². The summed E-state index contributed by atoms with van der Waals surface area (Å²) in [6, 6.07) is 4.66. The van der Waals surface area contributed by atoms with Gasteiger partial charge in [0.2, 0.25) is 0 Å². The normalized spacial score (nSPS) is 15.6. The maximum atomic E-state index is 14.4. The van der Waals surface area contributed by atoms with Crippen molar-refractivity contribution in [3.63, 3.8) is 0 Å². The minimum atomic E-state index is -0.767. The zero-order valence-corrected chi connectivity index (χ0v) is 17.3. The number of hydrogen-bond acceptors (Lipinski definition) is 7. The van der Waals surface area contributed by atoms with Crippen LogP contribution in [-0.4, -0.2) is 36.7 Å². The van der Waals surface area contributed by atoms with Crippen LogP contribution in [0.15, 0.2) is 30.0 Å². The van der Waals surface area contributed by atoms with E-state index >= 15 is 0 Å². The van der Waals surface area contributed by atoms with E-state index in [1.807, 2.05) is 6.92 Å². The molecule has 0 radical (unpaired) electrons. The van der Waals surface area contributed by atoms with Gasteiger partial charge in [-0.1, -0.05) is 0 Å². The molecule has 5 nitrogen and oxygen atoms in total. The number of carbonyl (C=O) groups excluding carboxylic acids is 2. The van der Waals surface area contributed by atoms with Crippen molar-refractivity contribution in [1.82, 2.24) is 0 Å². The molecule has 1 fully saturated rings. The van der Waals surface area contributed by atoms with Gasteiger partial charge in [-0.15, -0.1) is 23.5 Å². The minimum absolute atomic E-state index is 0.142. The topological polar surface area (TPSA) is 64.6 Å². The van der Waals surface area contributed by atoms with Gasteiger partial charge in [-0.2, -0.15) is 0 Å². The highest BCUT2D eigenvalue weighted by atomic mass is 32.2. The Bertz CT molecular complexity index is 698. The molecule has 0 aromatic heterocycles. The van der Waals surface area contributed by atoms with Crippen LogP contribution in [0.25, 0.3) is 0 Å². The molecule has 1 aromatic rings. The summed E-state index contributed by atoms with van der Waals surface area (Å²) >= 11 is 3.44. The third-order valence-electron chi connectivity index (χ3n) is 3.87. The second kappa shape index (κ2) is 10.0. The van der Waals surface area contributed by atoms with Gasteiger partial charge in [-0.3, -0.25) is 0 Å². The zero-order chi connectivity index (χ0) is 19.9. The number of hydrogen-bond donors (Lipinski definition) is 1. The number of halogens is 1. The molecule has 0 atom stereocenters. The molecule has 0 spiro atoms. The molecule has 27 heavy (non-hydrogen) atoms. The maximum absolute atomic E-state index is 14.4. The van der Waals surface area contributed by atoms with Crippen molar-refractivity contribution in [2.45, 2.75) is 31.3 Å². The summed E-state index contributed by atoms with van der Waals surface area (Å²) in [6.07, 6.45) is 2.35. The lowest BCUT2D eigenvalue weighted by Gasteiger charge is -2.33. The summed E-state index contributed by atoms with van der Waals surface area (Å²) < 4.78 is 23.9. The first-order chi connectivity index (χ1) is 12.9. The Hall–Kier alpha value is -1.67. The molecule has 1 aliphatic heterocycles. The molecule has 8 heteroatoms. The van der Waals surface area contributed by atoms with Crippen molar-refractivity contribution >= 4 is 41.1 Å². The lowest BCUT2D eigenvalue weighted by molar-refractivity contribution is -0.146. The second-order valence-corrected chi connectivity index (χ2v) is 9.12. The average molecular weight is 414 g/mol. The van der Waals surface area contributed by atoms with E-state index in [4.69, 9.17) is 9.47 Å². The second-order valence-electron chi connectivity index (χ2n) is 5.83. The summed E-state index contributed by atoms with van der Waals surface area (Å²) in [5.74, 6) is 0.157. The summed E-state index contributed by atoms with van der Waals surface area (Å²) in [4.78, 5) is 24.0. The number of ether oxygens (including phenoxy) is 2. The van der Waals surface area contributed by atoms with E-state index in [0.717, 1.165) is 17.9 Å². The summed E-state index contributed by atoms with van der Waals surface area (Å²) in [5, 5.41) is 2.90. The van der Waals surface area contributed by atoms with E-state index in [2.05, 4.69) is 5.32 Å². The number of rotatable bonds is 7. The van der Waals surface area contributed by atoms with Crippen molar-refractivity contribution < 1.29 is 23.5 Å². The molecule has 2 rings (SSSR count). The van der Waals surface area contributed by atoms with E-state index < -0.39 is 11.9 Å². The van der Waals surface area contributed by atoms with Crippen LogP contribution in [0, 0.1) is 5.82 Å². The molecule has 0 bridgehead atoms. The largest absolute Gasteiger partial charge is 0.462 e. The van der Waals surface area contributed by atoms with E-state index in [-0.39, 0.29) is 28.7 Å². The number of nitrogens with one attached hydrogen (secondary N) is 1. The van der Waals surface area contributed by atoms with Gasteiger partial charge >= 0.3 is 11.9 Å². The lowest BCUT2D eigenvalue weighted by Crippen LogP contribution is -2.21. The molecule has 1 aromatic carbocycles. The van der Waals surface area contributed by atoms with Crippen LogP contribution >= 0.6 is 23.5 Å². The Morgan fingerprint density at radius 2 is 1.78 bits per heavy atom. The van der Waals surface area contributed by atoms with Gasteiger partial charge in [-0.25, -0.2) is 14.0 Å². The Kier molecular flexibility index (Phi) is 8.04. The first-order valence-corrected chi connectivity index (χ1v) is 10.8. The fraction of sp³-hybridized carbons (Fsp3) is 0.474. The Morgan fingerprint density at radius 1 is 1.19 bits per heavy atom. The van der Waals surface area contributed by atoms with Crippen molar-refractivity contribution in [2.75, 3.05) is 30.0 Å². The highest BCUT2D eigenvalue weighted by Gasteiger charge is 2.33. The van der Waals surface area contributed by atoms with Gasteiger partial charge in [0.1, 0.15) is 5.82 Å². The molecule has 1 heterocycles. The van der Waals surface area contributed by atoms with Crippen LogP contribution < -0.4 is 5.32 Å². The first-order valence-electron chi connectivity index (χ1n) is 8.80. The SMILES string of the molecule is CCOC(=O)C(=CNc1ccc(F)c(C2(C)SCCCS2)c1)C(=O)OCC. The highest BCUT2D eigenvalue weighted by Crippen LogP contribution is 2.50. The van der Waals surface area contributed by atoms with Crippen LogP contribution in [0.3, 0.4) is 0 Å². The molecule has 0 aliphatic carbocycles. The monoisotopic (exact) mass is 413 g/mol. The zero-order valence-electron chi connectivity index (χ0n) is 15.7. The molecule has 1 saturated heterocycles. The predicted molar refractivity (Wildman–Crippen MR) is 108 cm³/mol. The fourth-order valence-electron chi connectivity index (χ4n) is 2.53. The third kappa shape index (κ3) is 5.65. The molecule has 0 amide bonds. The molecular weight excluding hydrogens is 389 g/mol. The van der Waals surface area contributed by atoms with Gasteiger partial charge < -0.3 is 14.8 Å². The lowest BCUT2D eigenvalue weighted by atomic mass is 10.1. The third-order valence-corrected chi connectivity index (χ3v) is 7.11. The van der Waals surface area contributed by atoms with Crippen molar-refractivity contribution in [2.24, 2.45) is 0 Å². The van der Waals surface area contributed by atoms with E-state index in [9.17, 15) is 14.0 Å². The van der Waals surface area contributed by atoms with E-state index in [0.29, 0.717) is 11.3 Å². The quantitative estimate of drug-likeness (QED) is 0.310. The fourth-order valence-corrected chi connectivity index (χ4v) is 5.52. The predicted octanol–water partition coefficient (Wildman–Crippen LogP) is 4.29. The van der Waals surface area contributed by atoms with Crippen LogP contribution in [0.1, 0.15) is 32.8 Å². The molecule has 0 saturated carbocycles. The summed E-state index contributed by atoms with van der Waals surface area (Å²) in [5.41, 5.74) is 0.923. The van der Waals surface area contributed by atoms with Gasteiger partial charge in [0.05, 0.1) is 17.3 Å². The number of benzene rings is 1. The number of carbonyl (C=O) groups is 2. The summed E-state index contributed by atoms with van der Waals surface area (Å²) in [6.45, 7) is 5.61. The smallest absolute Gasteiger partial charge is 0.347 e. The van der Waals surface area contributed by atoms with Crippen LogP contribution in [0.2, 0.25) is 0 Å².